The zero-order chi connectivity index (χ0) is 19.0. The summed E-state index contributed by atoms with van der Waals surface area (Å²) in [7, 11) is 0. The number of carbonyl (C=O) groups is 1. The van der Waals surface area contributed by atoms with E-state index in [4.69, 9.17) is 10.8 Å². The van der Waals surface area contributed by atoms with Crippen molar-refractivity contribution in [3.8, 4) is 5.75 Å². The fourth-order valence-electron chi connectivity index (χ4n) is 3.24. The Labute approximate surface area is 146 Å². The van der Waals surface area contributed by atoms with Gasteiger partial charge in [0.1, 0.15) is 11.5 Å². The number of aromatic nitrogens is 1. The number of hydrogen-bond acceptors (Lipinski definition) is 5. The number of nitrogens with zero attached hydrogens (tertiary/aromatic N) is 2. The lowest BCUT2D eigenvalue weighted by Gasteiger charge is -2.21. The van der Waals surface area contributed by atoms with Crippen LogP contribution in [0.1, 0.15) is 6.42 Å². The average molecular weight is 365 g/mol. The second-order valence-electron chi connectivity index (χ2n) is 6.03. The van der Waals surface area contributed by atoms with Gasteiger partial charge in [0.25, 0.3) is 0 Å². The molecule has 3 N–H and O–H groups in total. The summed E-state index contributed by atoms with van der Waals surface area (Å²) in [5, 5.41) is 8.37. The van der Waals surface area contributed by atoms with Crippen LogP contribution in [0, 0.1) is 17.6 Å². The molecular formula is C17H17F2N3O4. The lowest BCUT2D eigenvalue weighted by atomic mass is 10.1. The molecule has 2 heterocycles. The Morgan fingerprint density at radius 3 is 2.81 bits per heavy atom. The fraction of sp³-hybridized carbons (Fsp3) is 0.294. The number of benzene rings is 1. The van der Waals surface area contributed by atoms with E-state index in [-0.39, 0.29) is 22.5 Å². The van der Waals surface area contributed by atoms with Crippen LogP contribution in [-0.4, -0.2) is 35.5 Å². The Hall–Kier alpha value is -2.94. The van der Waals surface area contributed by atoms with Gasteiger partial charge in [0.2, 0.25) is 5.43 Å². The number of pyridine rings is 1. The van der Waals surface area contributed by atoms with Gasteiger partial charge in [-0.1, -0.05) is 6.58 Å². The van der Waals surface area contributed by atoms with Gasteiger partial charge in [0, 0.05) is 19.3 Å². The Morgan fingerprint density at radius 2 is 2.23 bits per heavy atom. The summed E-state index contributed by atoms with van der Waals surface area (Å²) in [6.45, 7) is 4.79. The SMILES string of the molecule is C=Cn1cc(OC(=O)O)c(=O)c2cc(F)c(N3CCC(CN)C3)c(F)c21. The minimum atomic E-state index is -1.71. The van der Waals surface area contributed by atoms with Gasteiger partial charge >= 0.3 is 6.16 Å². The van der Waals surface area contributed by atoms with Crippen LogP contribution in [0.4, 0.5) is 19.3 Å². The van der Waals surface area contributed by atoms with E-state index < -0.39 is 29.0 Å². The largest absolute Gasteiger partial charge is 0.511 e. The van der Waals surface area contributed by atoms with Crippen LogP contribution in [0.3, 0.4) is 0 Å². The first-order valence-corrected chi connectivity index (χ1v) is 7.92. The molecule has 1 unspecified atom stereocenters. The van der Waals surface area contributed by atoms with Crippen molar-refractivity contribution in [2.75, 3.05) is 24.5 Å². The normalized spacial score (nSPS) is 16.9. The molecule has 7 nitrogen and oxygen atoms in total. The number of rotatable bonds is 4. The molecule has 1 fully saturated rings. The highest BCUT2D eigenvalue weighted by molar-refractivity contribution is 5.87. The van der Waals surface area contributed by atoms with Crippen LogP contribution in [-0.2, 0) is 0 Å². The third kappa shape index (κ3) is 2.90. The minimum absolute atomic E-state index is 0.137. The predicted octanol–water partition coefficient (Wildman–Crippen LogP) is 2.22. The maximum absolute atomic E-state index is 15.2. The maximum atomic E-state index is 15.2. The highest BCUT2D eigenvalue weighted by Gasteiger charge is 2.29. The molecule has 1 aromatic carbocycles. The van der Waals surface area contributed by atoms with Gasteiger partial charge in [-0.15, -0.1) is 0 Å². The van der Waals surface area contributed by atoms with E-state index >= 15 is 4.39 Å². The highest BCUT2D eigenvalue weighted by Crippen LogP contribution is 2.33. The van der Waals surface area contributed by atoms with E-state index in [2.05, 4.69) is 11.3 Å². The second kappa shape index (κ2) is 6.75. The summed E-state index contributed by atoms with van der Waals surface area (Å²) in [5.41, 5.74) is 4.26. The molecule has 0 spiro atoms. The number of anilines is 1. The van der Waals surface area contributed by atoms with Crippen molar-refractivity contribution in [1.82, 2.24) is 4.57 Å². The molecule has 0 aliphatic carbocycles. The molecule has 1 atom stereocenters. The van der Waals surface area contributed by atoms with Crippen molar-refractivity contribution in [2.24, 2.45) is 11.7 Å². The molecule has 1 aliphatic heterocycles. The van der Waals surface area contributed by atoms with E-state index in [9.17, 15) is 14.0 Å². The molecule has 0 saturated carbocycles. The van der Waals surface area contributed by atoms with Gasteiger partial charge in [0.05, 0.1) is 17.1 Å². The first-order chi connectivity index (χ1) is 12.4. The third-order valence-electron chi connectivity index (χ3n) is 4.48. The Balaban J connectivity index is 2.24. The van der Waals surface area contributed by atoms with E-state index in [0.29, 0.717) is 26.1 Å². The van der Waals surface area contributed by atoms with Gasteiger partial charge in [0.15, 0.2) is 11.6 Å². The average Bonchev–Trinajstić information content (AvgIpc) is 3.06. The zero-order valence-electron chi connectivity index (χ0n) is 13.7. The van der Waals surface area contributed by atoms with Gasteiger partial charge < -0.3 is 25.0 Å². The first-order valence-electron chi connectivity index (χ1n) is 7.92. The van der Waals surface area contributed by atoms with Crippen molar-refractivity contribution in [2.45, 2.75) is 6.42 Å². The van der Waals surface area contributed by atoms with E-state index in [1.54, 1.807) is 4.90 Å². The van der Waals surface area contributed by atoms with Crippen molar-refractivity contribution < 1.29 is 23.4 Å². The second-order valence-corrected chi connectivity index (χ2v) is 6.03. The lowest BCUT2D eigenvalue weighted by molar-refractivity contribution is 0.144. The van der Waals surface area contributed by atoms with Crippen LogP contribution in [0.25, 0.3) is 17.1 Å². The van der Waals surface area contributed by atoms with Crippen LogP contribution in [0.2, 0.25) is 0 Å². The van der Waals surface area contributed by atoms with Crippen molar-refractivity contribution >= 4 is 28.9 Å². The molecule has 3 rings (SSSR count). The number of ether oxygens (including phenoxy) is 1. The molecular weight excluding hydrogens is 348 g/mol. The Morgan fingerprint density at radius 1 is 1.50 bits per heavy atom. The first kappa shape index (κ1) is 17.9. The lowest BCUT2D eigenvalue weighted by Crippen LogP contribution is -2.25. The Bertz CT molecular complexity index is 957. The van der Waals surface area contributed by atoms with Crippen LogP contribution in [0.15, 0.2) is 23.6 Å². The van der Waals surface area contributed by atoms with Crippen molar-refractivity contribution in [3.05, 3.63) is 40.7 Å². The molecule has 2 aromatic rings. The summed E-state index contributed by atoms with van der Waals surface area (Å²) in [6, 6.07) is 0.889. The van der Waals surface area contributed by atoms with Crippen molar-refractivity contribution in [3.63, 3.8) is 0 Å². The van der Waals surface area contributed by atoms with E-state index in [0.717, 1.165) is 16.8 Å². The summed E-state index contributed by atoms with van der Waals surface area (Å²) in [6.07, 6.45) is 1.18. The predicted molar refractivity (Wildman–Crippen MR) is 92.5 cm³/mol. The molecule has 1 aromatic heterocycles. The number of halogens is 2. The molecule has 0 radical (unpaired) electrons. The quantitative estimate of drug-likeness (QED) is 0.807. The van der Waals surface area contributed by atoms with Gasteiger partial charge in [-0.25, -0.2) is 13.6 Å². The summed E-state index contributed by atoms with van der Waals surface area (Å²) in [4.78, 5) is 24.6. The van der Waals surface area contributed by atoms with Gasteiger partial charge in [-0.05, 0) is 24.9 Å². The standard InChI is InChI=1S/C17H17F2N3O4/c1-2-21-8-12(26-17(24)25)16(23)10-5-11(18)15(13(19)14(10)21)22-4-3-9(6-20)7-22/h2,5,8-9H,1,3-4,6-7,20H2,(H,24,25). The molecule has 138 valence electrons. The van der Waals surface area contributed by atoms with Crippen LogP contribution >= 0.6 is 0 Å². The minimum Gasteiger partial charge on any atom is -0.449 e. The summed E-state index contributed by atoms with van der Waals surface area (Å²) in [5.74, 6) is -2.26. The van der Waals surface area contributed by atoms with E-state index in [1.807, 2.05) is 0 Å². The molecule has 26 heavy (non-hydrogen) atoms. The van der Waals surface area contributed by atoms with Crippen LogP contribution < -0.4 is 20.8 Å². The van der Waals surface area contributed by atoms with Gasteiger partial charge in [-0.3, -0.25) is 4.79 Å². The van der Waals surface area contributed by atoms with Gasteiger partial charge in [-0.2, -0.15) is 0 Å². The van der Waals surface area contributed by atoms with E-state index in [1.165, 1.54) is 6.20 Å². The molecule has 1 saturated heterocycles. The van der Waals surface area contributed by atoms with Crippen molar-refractivity contribution in [1.29, 1.82) is 0 Å². The third-order valence-corrected chi connectivity index (χ3v) is 4.48. The van der Waals surface area contributed by atoms with Crippen LogP contribution in [0.5, 0.6) is 5.75 Å². The zero-order valence-corrected chi connectivity index (χ0v) is 13.7. The molecule has 0 amide bonds. The fourth-order valence-corrected chi connectivity index (χ4v) is 3.24. The number of carboxylic acid groups (broad SMARTS) is 1. The topological polar surface area (TPSA) is 97.8 Å². The Kier molecular flexibility index (Phi) is 4.64. The molecule has 1 aliphatic rings. The maximum Gasteiger partial charge on any atom is 0.511 e. The molecule has 0 bridgehead atoms. The monoisotopic (exact) mass is 365 g/mol. The molecule has 9 heteroatoms. The summed E-state index contributed by atoms with van der Waals surface area (Å²) >= 11 is 0. The highest BCUT2D eigenvalue weighted by atomic mass is 19.1. The smallest absolute Gasteiger partial charge is 0.449 e. The number of fused-ring (bicyclic) bond motifs is 1. The number of nitrogens with two attached hydrogens (primary N) is 1. The number of hydrogen-bond donors (Lipinski definition) is 2. The summed E-state index contributed by atoms with van der Waals surface area (Å²) < 4.78 is 35.3.